The number of hydrogen-bond donors (Lipinski definition) is 0. The van der Waals surface area contributed by atoms with Crippen LogP contribution in [0.25, 0.3) is 72.8 Å². The van der Waals surface area contributed by atoms with Crippen molar-refractivity contribution in [2.45, 2.75) is 38.5 Å². The average Bonchev–Trinajstić information content (AvgIpc) is 3.51. The van der Waals surface area contributed by atoms with E-state index >= 15 is 0 Å². The molecule has 0 radical (unpaired) electrons. The van der Waals surface area contributed by atoms with Gasteiger partial charge in [0.1, 0.15) is 0 Å². The monoisotopic (exact) mass is 742 g/mol. The van der Waals surface area contributed by atoms with E-state index in [1.807, 2.05) is 84.9 Å². The fourth-order valence-electron chi connectivity index (χ4n) is 6.86. The van der Waals surface area contributed by atoms with Crippen LogP contribution in [0.15, 0.2) is 140 Å². The lowest BCUT2D eigenvalue weighted by atomic mass is 9.86. The first-order valence-electron chi connectivity index (χ1n) is 17.5. The van der Waals surface area contributed by atoms with E-state index in [1.54, 1.807) is 18.2 Å². The minimum Gasteiger partial charge on any atom is -0.309 e. The van der Waals surface area contributed by atoms with Gasteiger partial charge in [-0.3, -0.25) is 0 Å². The van der Waals surface area contributed by atoms with Crippen molar-refractivity contribution in [3.63, 3.8) is 0 Å². The van der Waals surface area contributed by atoms with Crippen molar-refractivity contribution in [3.05, 3.63) is 156 Å². The molecular formula is C45H32F6N4. The SMILES string of the molecule is CC(C)(C)c1ccc2c3ccccc3n(-c3ccc(-c4cc(C(F)(F)F)cc(C(F)(F)F)c4)c(-c4nc(-c5ccccc5)nc(-c5ccccc5)n4)c3)c2c1. The molecule has 0 atom stereocenters. The van der Waals surface area contributed by atoms with Crippen LogP contribution in [0.4, 0.5) is 26.3 Å². The van der Waals surface area contributed by atoms with Gasteiger partial charge in [0.25, 0.3) is 0 Å². The van der Waals surface area contributed by atoms with Crippen molar-refractivity contribution >= 4 is 21.8 Å². The second-order valence-corrected chi connectivity index (χ2v) is 14.4. The Kier molecular flexibility index (Phi) is 8.59. The van der Waals surface area contributed by atoms with Crippen LogP contribution in [0, 0.1) is 0 Å². The fraction of sp³-hybridized carbons (Fsp3) is 0.133. The van der Waals surface area contributed by atoms with Crippen LogP contribution in [0.2, 0.25) is 0 Å². The third-order valence-corrected chi connectivity index (χ3v) is 9.64. The number of hydrogen-bond acceptors (Lipinski definition) is 3. The maximum absolute atomic E-state index is 14.2. The molecule has 0 saturated heterocycles. The van der Waals surface area contributed by atoms with E-state index in [0.717, 1.165) is 39.5 Å². The van der Waals surface area contributed by atoms with Crippen molar-refractivity contribution in [1.82, 2.24) is 19.5 Å². The predicted octanol–water partition coefficient (Wildman–Crippen LogP) is 13.0. The number of alkyl halides is 6. The fourth-order valence-corrected chi connectivity index (χ4v) is 6.86. The third-order valence-electron chi connectivity index (χ3n) is 9.64. The molecule has 0 fully saturated rings. The number of benzene rings is 6. The van der Waals surface area contributed by atoms with Crippen molar-refractivity contribution in [1.29, 1.82) is 0 Å². The summed E-state index contributed by atoms with van der Waals surface area (Å²) in [6.45, 7) is 6.36. The van der Waals surface area contributed by atoms with Gasteiger partial charge in [-0.25, -0.2) is 15.0 Å². The van der Waals surface area contributed by atoms with Crippen LogP contribution in [-0.4, -0.2) is 19.5 Å². The van der Waals surface area contributed by atoms with Crippen LogP contribution in [0.3, 0.4) is 0 Å². The van der Waals surface area contributed by atoms with Gasteiger partial charge < -0.3 is 4.57 Å². The molecule has 0 amide bonds. The Bertz CT molecular complexity index is 2620. The average molecular weight is 743 g/mol. The second-order valence-electron chi connectivity index (χ2n) is 14.4. The number of halogens is 6. The zero-order valence-electron chi connectivity index (χ0n) is 29.8. The minimum atomic E-state index is -5.04. The summed E-state index contributed by atoms with van der Waals surface area (Å²) >= 11 is 0. The number of rotatable bonds is 5. The van der Waals surface area contributed by atoms with Crippen molar-refractivity contribution < 1.29 is 26.3 Å². The molecule has 8 aromatic rings. The van der Waals surface area contributed by atoms with E-state index < -0.39 is 23.5 Å². The molecule has 0 bridgehead atoms. The van der Waals surface area contributed by atoms with Crippen molar-refractivity contribution in [2.24, 2.45) is 0 Å². The molecule has 0 aliphatic heterocycles. The topological polar surface area (TPSA) is 43.6 Å². The molecule has 8 rings (SSSR count). The molecule has 0 saturated carbocycles. The molecular weight excluding hydrogens is 711 g/mol. The summed E-state index contributed by atoms with van der Waals surface area (Å²) in [6.07, 6.45) is -10.1. The molecule has 4 nitrogen and oxygen atoms in total. The van der Waals surface area contributed by atoms with Gasteiger partial charge in [0.2, 0.25) is 0 Å². The largest absolute Gasteiger partial charge is 0.416 e. The van der Waals surface area contributed by atoms with Gasteiger partial charge in [0.05, 0.1) is 22.2 Å². The standard InChI is InChI=1S/C45H32F6N4/c1-43(2,3)30-18-20-36-35-16-10-11-17-38(35)55(39(36)25-30)33-19-21-34(29-22-31(44(46,47)48)24-32(23-29)45(49,50)51)37(26-33)42-53-40(27-12-6-4-7-13-27)52-41(54-42)28-14-8-5-9-15-28/h4-26H,1-3H3. The highest BCUT2D eigenvalue weighted by molar-refractivity contribution is 6.09. The molecule has 0 N–H and O–H groups in total. The summed E-state index contributed by atoms with van der Waals surface area (Å²) < 4.78 is 87.3. The Morgan fingerprint density at radius 3 is 1.51 bits per heavy atom. The maximum atomic E-state index is 14.2. The summed E-state index contributed by atoms with van der Waals surface area (Å²) in [5.74, 6) is 0.645. The Morgan fingerprint density at radius 2 is 0.945 bits per heavy atom. The number of para-hydroxylation sites is 1. The molecule has 0 aliphatic carbocycles. The van der Waals surface area contributed by atoms with Gasteiger partial charge in [-0.05, 0) is 64.6 Å². The van der Waals surface area contributed by atoms with E-state index in [9.17, 15) is 26.3 Å². The zero-order valence-corrected chi connectivity index (χ0v) is 29.8. The first-order valence-corrected chi connectivity index (χ1v) is 17.5. The van der Waals surface area contributed by atoms with E-state index in [2.05, 4.69) is 43.5 Å². The van der Waals surface area contributed by atoms with E-state index in [0.29, 0.717) is 16.8 Å². The number of fused-ring (bicyclic) bond motifs is 3. The van der Waals surface area contributed by atoms with Crippen LogP contribution in [-0.2, 0) is 17.8 Å². The Morgan fingerprint density at radius 1 is 0.418 bits per heavy atom. The predicted molar refractivity (Wildman–Crippen MR) is 205 cm³/mol. The van der Waals surface area contributed by atoms with E-state index in [4.69, 9.17) is 15.0 Å². The summed E-state index contributed by atoms with van der Waals surface area (Å²) in [4.78, 5) is 14.4. The Hall–Kier alpha value is -6.29. The first-order chi connectivity index (χ1) is 26.1. The lowest BCUT2D eigenvalue weighted by Gasteiger charge is -2.20. The van der Waals surface area contributed by atoms with Gasteiger partial charge in [-0.15, -0.1) is 0 Å². The summed E-state index contributed by atoms with van der Waals surface area (Å²) in [6, 6.07) is 39.0. The van der Waals surface area contributed by atoms with E-state index in [1.165, 1.54) is 0 Å². The van der Waals surface area contributed by atoms with E-state index in [-0.39, 0.29) is 45.6 Å². The third kappa shape index (κ3) is 6.84. The lowest BCUT2D eigenvalue weighted by molar-refractivity contribution is -0.143. The summed E-state index contributed by atoms with van der Waals surface area (Å²) in [5, 5.41) is 1.97. The molecule has 55 heavy (non-hydrogen) atoms. The second kappa shape index (κ2) is 13.2. The van der Waals surface area contributed by atoms with Crippen LogP contribution >= 0.6 is 0 Å². The minimum absolute atomic E-state index is 0.0756. The molecule has 10 heteroatoms. The molecule has 2 aromatic heterocycles. The number of aromatic nitrogens is 4. The highest BCUT2D eigenvalue weighted by atomic mass is 19.4. The quantitative estimate of drug-likeness (QED) is 0.165. The molecule has 0 unspecified atom stereocenters. The van der Waals surface area contributed by atoms with Crippen molar-refractivity contribution in [2.75, 3.05) is 0 Å². The number of nitrogens with zero attached hydrogens (tertiary/aromatic N) is 4. The van der Waals surface area contributed by atoms with Gasteiger partial charge in [-0.1, -0.05) is 118 Å². The van der Waals surface area contributed by atoms with Gasteiger partial charge >= 0.3 is 12.4 Å². The van der Waals surface area contributed by atoms with Gasteiger partial charge in [0, 0.05) is 33.2 Å². The molecule has 0 aliphatic rings. The molecule has 6 aromatic carbocycles. The Balaban J connectivity index is 1.47. The summed E-state index contributed by atoms with van der Waals surface area (Å²) in [5.41, 5.74) is 1.74. The highest BCUT2D eigenvalue weighted by Gasteiger charge is 2.37. The van der Waals surface area contributed by atoms with Crippen molar-refractivity contribution in [3.8, 4) is 51.0 Å². The van der Waals surface area contributed by atoms with Crippen LogP contribution in [0.5, 0.6) is 0 Å². The molecule has 0 spiro atoms. The first kappa shape index (κ1) is 35.7. The maximum Gasteiger partial charge on any atom is 0.416 e. The van der Waals surface area contributed by atoms with Gasteiger partial charge in [-0.2, -0.15) is 26.3 Å². The smallest absolute Gasteiger partial charge is 0.309 e. The van der Waals surface area contributed by atoms with Crippen LogP contribution < -0.4 is 0 Å². The Labute approximate surface area is 312 Å². The highest BCUT2D eigenvalue weighted by Crippen LogP contribution is 2.43. The molecule has 274 valence electrons. The van der Waals surface area contributed by atoms with Gasteiger partial charge in [0.15, 0.2) is 17.5 Å². The molecule has 2 heterocycles. The summed E-state index contributed by atoms with van der Waals surface area (Å²) in [7, 11) is 0. The van der Waals surface area contributed by atoms with Crippen LogP contribution in [0.1, 0.15) is 37.5 Å². The zero-order chi connectivity index (χ0) is 38.7. The lowest BCUT2D eigenvalue weighted by Crippen LogP contribution is -2.11. The normalized spacial score (nSPS) is 12.5.